The topological polar surface area (TPSA) is 59.4 Å². The molecule has 21 heavy (non-hydrogen) atoms. The highest BCUT2D eigenvalue weighted by Gasteiger charge is 2.25. The van der Waals surface area contributed by atoms with Gasteiger partial charge in [-0.15, -0.1) is 0 Å². The number of hydrogen-bond acceptors (Lipinski definition) is 3. The normalized spacial score (nSPS) is 11.5. The number of aromatic nitrogens is 1. The molecule has 0 saturated heterocycles. The monoisotopic (exact) mass is 287 g/mol. The van der Waals surface area contributed by atoms with Crippen molar-refractivity contribution in [3.8, 4) is 5.75 Å². The summed E-state index contributed by atoms with van der Waals surface area (Å²) in [4.78, 5) is 15.3. The second kappa shape index (κ2) is 6.57. The second-order valence-electron chi connectivity index (χ2n) is 5.85. The highest BCUT2D eigenvalue weighted by Crippen LogP contribution is 2.24. The Morgan fingerprint density at radius 2 is 2.10 bits per heavy atom. The fraction of sp³-hybridized carbons (Fsp3) is 0.412. The Morgan fingerprint density at radius 1 is 1.29 bits per heavy atom. The molecule has 2 aromatic rings. The number of ether oxygens (including phenoxy) is 1. The van der Waals surface area contributed by atoms with Crippen molar-refractivity contribution >= 4 is 16.9 Å². The summed E-state index contributed by atoms with van der Waals surface area (Å²) < 4.78 is 5.70. The summed E-state index contributed by atoms with van der Waals surface area (Å²) >= 11 is 0. The Labute approximate surface area is 124 Å². The molecule has 0 aliphatic carbocycles. The summed E-state index contributed by atoms with van der Waals surface area (Å²) in [6.07, 6.45) is 4.10. The van der Waals surface area contributed by atoms with Gasteiger partial charge >= 0.3 is 5.97 Å². The fourth-order valence-corrected chi connectivity index (χ4v) is 2.10. The molecule has 0 bridgehead atoms. The smallest absolute Gasteiger partial charge is 0.309 e. The van der Waals surface area contributed by atoms with E-state index in [-0.39, 0.29) is 0 Å². The molecule has 0 unspecified atom stereocenters. The minimum atomic E-state index is -0.746. The maximum Gasteiger partial charge on any atom is 0.309 e. The summed E-state index contributed by atoms with van der Waals surface area (Å²) in [6.45, 7) is 4.10. The molecule has 0 atom stereocenters. The molecule has 0 radical (unpaired) electrons. The zero-order valence-electron chi connectivity index (χ0n) is 12.5. The van der Waals surface area contributed by atoms with Crippen LogP contribution in [0.2, 0.25) is 0 Å². The first-order valence-electron chi connectivity index (χ1n) is 7.20. The van der Waals surface area contributed by atoms with Crippen molar-refractivity contribution in [2.75, 3.05) is 6.61 Å². The van der Waals surface area contributed by atoms with Gasteiger partial charge in [-0.1, -0.05) is 6.07 Å². The molecule has 0 spiro atoms. The van der Waals surface area contributed by atoms with Crippen LogP contribution >= 0.6 is 0 Å². The highest BCUT2D eigenvalue weighted by molar-refractivity contribution is 5.79. The molecule has 4 nitrogen and oxygen atoms in total. The van der Waals surface area contributed by atoms with Gasteiger partial charge in [0.15, 0.2) is 0 Å². The van der Waals surface area contributed by atoms with E-state index in [1.807, 2.05) is 30.3 Å². The van der Waals surface area contributed by atoms with Crippen LogP contribution in [0.25, 0.3) is 10.9 Å². The number of unbranched alkanes of at least 4 members (excludes halogenated alkanes) is 1. The Bertz CT molecular complexity index is 622. The minimum absolute atomic E-state index is 0.591. The van der Waals surface area contributed by atoms with E-state index >= 15 is 0 Å². The summed E-state index contributed by atoms with van der Waals surface area (Å²) in [5.74, 6) is 0.0581. The average Bonchev–Trinajstić information content (AvgIpc) is 2.46. The zero-order valence-corrected chi connectivity index (χ0v) is 12.5. The predicted octanol–water partition coefficient (Wildman–Crippen LogP) is 3.89. The fourth-order valence-electron chi connectivity index (χ4n) is 2.10. The van der Waals surface area contributed by atoms with Gasteiger partial charge in [0, 0.05) is 17.6 Å². The molecular formula is C17H21NO3. The Hall–Kier alpha value is -2.10. The van der Waals surface area contributed by atoms with E-state index in [4.69, 9.17) is 9.84 Å². The lowest BCUT2D eigenvalue weighted by molar-refractivity contribution is -0.147. The van der Waals surface area contributed by atoms with E-state index < -0.39 is 11.4 Å². The highest BCUT2D eigenvalue weighted by atomic mass is 16.5. The summed E-state index contributed by atoms with van der Waals surface area (Å²) in [5, 5.41) is 10.1. The number of carbonyl (C=O) groups is 1. The van der Waals surface area contributed by atoms with Crippen LogP contribution in [0.4, 0.5) is 0 Å². The predicted molar refractivity (Wildman–Crippen MR) is 82.5 cm³/mol. The quantitative estimate of drug-likeness (QED) is 0.785. The van der Waals surface area contributed by atoms with E-state index in [9.17, 15) is 4.79 Å². The third kappa shape index (κ3) is 4.18. The number of carboxylic acid groups (broad SMARTS) is 1. The molecular weight excluding hydrogens is 266 g/mol. The third-order valence-corrected chi connectivity index (χ3v) is 3.62. The van der Waals surface area contributed by atoms with Crippen molar-refractivity contribution in [3.05, 3.63) is 36.5 Å². The first-order valence-corrected chi connectivity index (χ1v) is 7.20. The lowest BCUT2D eigenvalue weighted by atomic mass is 9.87. The molecule has 2 rings (SSSR count). The SMILES string of the molecule is CC(C)(CCCCOc1ccc2cccnc2c1)C(=O)O. The van der Waals surface area contributed by atoms with Crippen LogP contribution in [-0.2, 0) is 4.79 Å². The van der Waals surface area contributed by atoms with Crippen LogP contribution in [0.3, 0.4) is 0 Å². The molecule has 4 heteroatoms. The maximum absolute atomic E-state index is 11.0. The number of hydrogen-bond donors (Lipinski definition) is 1. The van der Waals surface area contributed by atoms with Crippen molar-refractivity contribution in [2.24, 2.45) is 5.41 Å². The molecule has 1 N–H and O–H groups in total. The lowest BCUT2D eigenvalue weighted by Crippen LogP contribution is -2.23. The van der Waals surface area contributed by atoms with Crippen molar-refractivity contribution < 1.29 is 14.6 Å². The van der Waals surface area contributed by atoms with E-state index in [0.717, 1.165) is 29.5 Å². The summed E-state index contributed by atoms with van der Waals surface area (Å²) in [7, 11) is 0. The van der Waals surface area contributed by atoms with E-state index in [1.54, 1.807) is 20.0 Å². The second-order valence-corrected chi connectivity index (χ2v) is 5.85. The standard InChI is InChI=1S/C17H21NO3/c1-17(2,16(19)20)9-3-4-11-21-14-8-7-13-6-5-10-18-15(13)12-14/h5-8,10,12H,3-4,9,11H2,1-2H3,(H,19,20). The van der Waals surface area contributed by atoms with Gasteiger partial charge in [0.1, 0.15) is 5.75 Å². The Morgan fingerprint density at radius 3 is 2.86 bits per heavy atom. The molecule has 1 aromatic heterocycles. The molecule has 0 fully saturated rings. The number of rotatable bonds is 7. The van der Waals surface area contributed by atoms with Gasteiger partial charge in [0.05, 0.1) is 17.5 Å². The number of pyridine rings is 1. The van der Waals surface area contributed by atoms with Crippen molar-refractivity contribution in [2.45, 2.75) is 33.1 Å². The van der Waals surface area contributed by atoms with Crippen LogP contribution < -0.4 is 4.74 Å². The largest absolute Gasteiger partial charge is 0.494 e. The van der Waals surface area contributed by atoms with E-state index in [1.165, 1.54) is 0 Å². The lowest BCUT2D eigenvalue weighted by Gasteiger charge is -2.18. The van der Waals surface area contributed by atoms with Crippen LogP contribution in [0.1, 0.15) is 33.1 Å². The van der Waals surface area contributed by atoms with Crippen molar-refractivity contribution in [3.63, 3.8) is 0 Å². The van der Waals surface area contributed by atoms with Gasteiger partial charge in [-0.05, 0) is 51.3 Å². The molecule has 112 valence electrons. The van der Waals surface area contributed by atoms with Crippen LogP contribution in [0.15, 0.2) is 36.5 Å². The molecule has 0 saturated carbocycles. The molecule has 0 aliphatic heterocycles. The van der Waals surface area contributed by atoms with Crippen molar-refractivity contribution in [1.82, 2.24) is 4.98 Å². The number of benzene rings is 1. The summed E-state index contributed by atoms with van der Waals surface area (Å²) in [6, 6.07) is 9.78. The first-order chi connectivity index (χ1) is 9.99. The van der Waals surface area contributed by atoms with Crippen LogP contribution in [0.5, 0.6) is 5.75 Å². The van der Waals surface area contributed by atoms with Crippen LogP contribution in [0, 0.1) is 5.41 Å². The third-order valence-electron chi connectivity index (χ3n) is 3.62. The van der Waals surface area contributed by atoms with E-state index in [2.05, 4.69) is 4.98 Å². The summed E-state index contributed by atoms with van der Waals surface area (Å²) in [5.41, 5.74) is 0.259. The zero-order chi connectivity index (χ0) is 15.3. The number of nitrogens with zero attached hydrogens (tertiary/aromatic N) is 1. The van der Waals surface area contributed by atoms with Gasteiger partial charge in [-0.25, -0.2) is 0 Å². The molecule has 1 heterocycles. The number of aliphatic carboxylic acids is 1. The van der Waals surface area contributed by atoms with E-state index in [0.29, 0.717) is 13.0 Å². The minimum Gasteiger partial charge on any atom is -0.494 e. The Balaban J connectivity index is 1.79. The maximum atomic E-state index is 11.0. The van der Waals surface area contributed by atoms with Gasteiger partial charge in [0.25, 0.3) is 0 Å². The first kappa shape index (κ1) is 15.3. The molecule has 1 aromatic carbocycles. The van der Waals surface area contributed by atoms with Gasteiger partial charge < -0.3 is 9.84 Å². The Kier molecular flexibility index (Phi) is 4.78. The van der Waals surface area contributed by atoms with Gasteiger partial charge in [0.2, 0.25) is 0 Å². The van der Waals surface area contributed by atoms with Gasteiger partial charge in [-0.2, -0.15) is 0 Å². The van der Waals surface area contributed by atoms with Crippen molar-refractivity contribution in [1.29, 1.82) is 0 Å². The average molecular weight is 287 g/mol. The van der Waals surface area contributed by atoms with Gasteiger partial charge in [-0.3, -0.25) is 9.78 Å². The molecule has 0 aliphatic rings. The van der Waals surface area contributed by atoms with Crippen LogP contribution in [-0.4, -0.2) is 22.7 Å². The molecule has 0 amide bonds. The number of carboxylic acids is 1. The number of fused-ring (bicyclic) bond motifs is 1.